The van der Waals surface area contributed by atoms with Crippen molar-refractivity contribution in [3.63, 3.8) is 0 Å². The fourth-order valence-electron chi connectivity index (χ4n) is 4.10. The van der Waals surface area contributed by atoms with E-state index in [0.29, 0.717) is 24.7 Å². The van der Waals surface area contributed by atoms with Gasteiger partial charge in [-0.25, -0.2) is 0 Å². The smallest absolute Gasteiger partial charge is 0.161 e. The molecule has 2 aliphatic rings. The SMILES string of the molecule is COc1ccc(CN2CCOc3ccccc3C2)cc1OCC(O)CN1CC=CCC1. The Labute approximate surface area is 184 Å². The molecule has 2 aliphatic heterocycles. The van der Waals surface area contributed by atoms with E-state index in [1.54, 1.807) is 7.11 Å². The first-order valence-corrected chi connectivity index (χ1v) is 11.0. The van der Waals surface area contributed by atoms with Crippen molar-refractivity contribution in [2.75, 3.05) is 46.5 Å². The summed E-state index contributed by atoms with van der Waals surface area (Å²) in [6.07, 6.45) is 4.83. The molecule has 2 aromatic carbocycles. The third kappa shape index (κ3) is 6.00. The van der Waals surface area contributed by atoms with Gasteiger partial charge in [0.05, 0.1) is 7.11 Å². The number of nitrogens with zero attached hydrogens (tertiary/aromatic N) is 2. The van der Waals surface area contributed by atoms with Gasteiger partial charge in [0.1, 0.15) is 25.1 Å². The van der Waals surface area contributed by atoms with E-state index in [0.717, 1.165) is 50.5 Å². The minimum absolute atomic E-state index is 0.241. The molecule has 0 bridgehead atoms. The average molecular weight is 425 g/mol. The molecule has 2 aromatic rings. The second-order valence-corrected chi connectivity index (χ2v) is 8.14. The number of methoxy groups -OCH3 is 1. The van der Waals surface area contributed by atoms with Crippen LogP contribution >= 0.6 is 0 Å². The van der Waals surface area contributed by atoms with Crippen molar-refractivity contribution in [3.05, 3.63) is 65.7 Å². The van der Waals surface area contributed by atoms with Crippen LogP contribution in [0.15, 0.2) is 54.6 Å². The molecule has 6 heteroatoms. The standard InChI is InChI=1S/C25H32N2O4/c1-29-24-10-9-20(16-27-13-14-30-23-8-4-3-7-21(23)17-27)15-25(24)31-19-22(28)18-26-11-5-2-6-12-26/h2-5,7-10,15,22,28H,6,11-14,16-19H2,1H3. The molecule has 0 fully saturated rings. The Hall–Kier alpha value is -2.54. The number of benzene rings is 2. The molecule has 1 unspecified atom stereocenters. The lowest BCUT2D eigenvalue weighted by Gasteiger charge is -2.26. The van der Waals surface area contributed by atoms with Crippen LogP contribution in [0.25, 0.3) is 0 Å². The zero-order valence-electron chi connectivity index (χ0n) is 18.2. The van der Waals surface area contributed by atoms with E-state index in [-0.39, 0.29) is 6.61 Å². The minimum Gasteiger partial charge on any atom is -0.493 e. The third-order valence-electron chi connectivity index (χ3n) is 5.71. The lowest BCUT2D eigenvalue weighted by Crippen LogP contribution is -2.37. The van der Waals surface area contributed by atoms with E-state index in [4.69, 9.17) is 14.2 Å². The number of β-amino-alcohol motifs (C(OH)–C–C–N with tert-alkyl or cyclic N) is 1. The summed E-state index contributed by atoms with van der Waals surface area (Å²) in [5.41, 5.74) is 2.35. The van der Waals surface area contributed by atoms with Gasteiger partial charge in [-0.05, 0) is 30.2 Å². The molecular formula is C25H32N2O4. The van der Waals surface area contributed by atoms with Gasteiger partial charge in [-0.1, -0.05) is 36.4 Å². The number of hydrogen-bond acceptors (Lipinski definition) is 6. The van der Waals surface area contributed by atoms with Crippen LogP contribution in [0.2, 0.25) is 0 Å². The second-order valence-electron chi connectivity index (χ2n) is 8.14. The van der Waals surface area contributed by atoms with Crippen LogP contribution in [0.4, 0.5) is 0 Å². The van der Waals surface area contributed by atoms with E-state index in [1.807, 2.05) is 24.3 Å². The molecule has 31 heavy (non-hydrogen) atoms. The number of ether oxygens (including phenoxy) is 3. The maximum Gasteiger partial charge on any atom is 0.161 e. The highest BCUT2D eigenvalue weighted by atomic mass is 16.5. The van der Waals surface area contributed by atoms with E-state index < -0.39 is 6.10 Å². The van der Waals surface area contributed by atoms with Crippen LogP contribution in [0, 0.1) is 0 Å². The zero-order valence-corrected chi connectivity index (χ0v) is 18.2. The molecule has 0 amide bonds. The Bertz CT molecular complexity index is 886. The van der Waals surface area contributed by atoms with Gasteiger partial charge in [0.15, 0.2) is 11.5 Å². The van der Waals surface area contributed by atoms with Crippen LogP contribution in [0.5, 0.6) is 17.2 Å². The predicted molar refractivity (Wildman–Crippen MR) is 121 cm³/mol. The first-order valence-electron chi connectivity index (χ1n) is 11.0. The average Bonchev–Trinajstić information content (AvgIpc) is 3.00. The number of fused-ring (bicyclic) bond motifs is 1. The van der Waals surface area contributed by atoms with Crippen molar-refractivity contribution in [1.82, 2.24) is 9.80 Å². The number of rotatable bonds is 8. The van der Waals surface area contributed by atoms with Crippen molar-refractivity contribution < 1.29 is 19.3 Å². The third-order valence-corrected chi connectivity index (χ3v) is 5.71. The van der Waals surface area contributed by atoms with Gasteiger partial charge in [0.25, 0.3) is 0 Å². The summed E-state index contributed by atoms with van der Waals surface area (Å²) in [4.78, 5) is 4.61. The van der Waals surface area contributed by atoms with E-state index >= 15 is 0 Å². The number of aliphatic hydroxyl groups is 1. The van der Waals surface area contributed by atoms with Gasteiger partial charge in [-0.2, -0.15) is 0 Å². The Morgan fingerprint density at radius 3 is 2.81 bits per heavy atom. The molecule has 1 atom stereocenters. The highest BCUT2D eigenvalue weighted by Crippen LogP contribution is 2.30. The number of aliphatic hydroxyl groups excluding tert-OH is 1. The highest BCUT2D eigenvalue weighted by molar-refractivity contribution is 5.43. The van der Waals surface area contributed by atoms with Gasteiger partial charge in [-0.3, -0.25) is 9.80 Å². The van der Waals surface area contributed by atoms with E-state index in [9.17, 15) is 5.11 Å². The number of hydrogen-bond donors (Lipinski definition) is 1. The van der Waals surface area contributed by atoms with Crippen LogP contribution in [-0.4, -0.2) is 67.5 Å². The van der Waals surface area contributed by atoms with Crippen LogP contribution < -0.4 is 14.2 Å². The van der Waals surface area contributed by atoms with Crippen molar-refractivity contribution in [2.45, 2.75) is 25.6 Å². The first kappa shape index (κ1) is 21.7. The van der Waals surface area contributed by atoms with Crippen molar-refractivity contribution in [2.24, 2.45) is 0 Å². The van der Waals surface area contributed by atoms with Crippen LogP contribution in [-0.2, 0) is 13.1 Å². The van der Waals surface area contributed by atoms with Gasteiger partial charge < -0.3 is 19.3 Å². The van der Waals surface area contributed by atoms with E-state index in [2.05, 4.69) is 40.2 Å². The maximum atomic E-state index is 10.4. The topological polar surface area (TPSA) is 54.4 Å². The molecule has 2 heterocycles. The molecule has 166 valence electrons. The Kier molecular flexibility index (Phi) is 7.46. The van der Waals surface area contributed by atoms with Crippen molar-refractivity contribution >= 4 is 0 Å². The molecule has 6 nitrogen and oxygen atoms in total. The molecule has 0 radical (unpaired) electrons. The molecule has 0 saturated carbocycles. The lowest BCUT2D eigenvalue weighted by molar-refractivity contribution is 0.0702. The molecular weight excluding hydrogens is 392 g/mol. The molecule has 0 aromatic heterocycles. The summed E-state index contributed by atoms with van der Waals surface area (Å²) in [5, 5.41) is 10.4. The predicted octanol–water partition coefficient (Wildman–Crippen LogP) is 3.09. The number of para-hydroxylation sites is 1. The first-order chi connectivity index (χ1) is 15.2. The van der Waals surface area contributed by atoms with Gasteiger partial charge in [0.2, 0.25) is 0 Å². The summed E-state index contributed by atoms with van der Waals surface area (Å²) in [5.74, 6) is 2.33. The van der Waals surface area contributed by atoms with Crippen LogP contribution in [0.3, 0.4) is 0 Å². The summed E-state index contributed by atoms with van der Waals surface area (Å²) in [6, 6.07) is 14.2. The summed E-state index contributed by atoms with van der Waals surface area (Å²) >= 11 is 0. The van der Waals surface area contributed by atoms with Gasteiger partial charge in [-0.15, -0.1) is 0 Å². The fraction of sp³-hybridized carbons (Fsp3) is 0.440. The fourth-order valence-corrected chi connectivity index (χ4v) is 4.10. The van der Waals surface area contributed by atoms with Gasteiger partial charge in [0, 0.05) is 44.8 Å². The minimum atomic E-state index is -0.542. The molecule has 0 saturated heterocycles. The van der Waals surface area contributed by atoms with E-state index in [1.165, 1.54) is 5.56 Å². The largest absolute Gasteiger partial charge is 0.493 e. The highest BCUT2D eigenvalue weighted by Gasteiger charge is 2.17. The quantitative estimate of drug-likeness (QED) is 0.658. The lowest BCUT2D eigenvalue weighted by atomic mass is 10.1. The molecule has 0 spiro atoms. The summed E-state index contributed by atoms with van der Waals surface area (Å²) in [7, 11) is 1.64. The normalized spacial score (nSPS) is 18.0. The summed E-state index contributed by atoms with van der Waals surface area (Å²) < 4.78 is 17.3. The second kappa shape index (κ2) is 10.7. The molecule has 4 rings (SSSR count). The van der Waals surface area contributed by atoms with Crippen molar-refractivity contribution in [3.8, 4) is 17.2 Å². The van der Waals surface area contributed by atoms with Crippen molar-refractivity contribution in [1.29, 1.82) is 0 Å². The summed E-state index contributed by atoms with van der Waals surface area (Å²) in [6.45, 7) is 5.90. The van der Waals surface area contributed by atoms with Crippen LogP contribution in [0.1, 0.15) is 17.5 Å². The zero-order chi connectivity index (χ0) is 21.5. The molecule has 1 N–H and O–H groups in total. The monoisotopic (exact) mass is 424 g/mol. The molecule has 0 aliphatic carbocycles. The van der Waals surface area contributed by atoms with Gasteiger partial charge >= 0.3 is 0 Å². The maximum absolute atomic E-state index is 10.4. The Balaban J connectivity index is 1.37. The Morgan fingerprint density at radius 2 is 1.97 bits per heavy atom. The Morgan fingerprint density at radius 1 is 1.06 bits per heavy atom.